The van der Waals surface area contributed by atoms with Gasteiger partial charge in [-0.15, -0.1) is 0 Å². The van der Waals surface area contributed by atoms with Crippen molar-refractivity contribution < 1.29 is 26.7 Å². The molecule has 0 unspecified atom stereocenters. The molecule has 0 amide bonds. The summed E-state index contributed by atoms with van der Waals surface area (Å²) in [5.74, 6) is 0. The van der Waals surface area contributed by atoms with E-state index < -0.39 is 0 Å². The maximum Gasteiger partial charge on any atom is 0.150 e. The number of hydrogen-bond acceptors (Lipinski definition) is 2. The summed E-state index contributed by atoms with van der Waals surface area (Å²) in [5.41, 5.74) is 1.10. The summed E-state index contributed by atoms with van der Waals surface area (Å²) < 4.78 is 0. The van der Waals surface area contributed by atoms with Crippen LogP contribution in [0.4, 0.5) is 0 Å². The van der Waals surface area contributed by atoms with Crippen LogP contribution in [0.15, 0.2) is 66.0 Å². The molecule has 1 aliphatic carbocycles. The molecular formula is C12H11CoO2-. The van der Waals surface area contributed by atoms with Gasteiger partial charge in [0.15, 0.2) is 6.29 Å². The first-order valence-corrected chi connectivity index (χ1v) is 4.23. The molecule has 0 aromatic heterocycles. The summed E-state index contributed by atoms with van der Waals surface area (Å²) in [7, 11) is 0. The number of aldehydes is 1. The van der Waals surface area contributed by atoms with Crippen LogP contribution in [0.1, 0.15) is 0 Å². The van der Waals surface area contributed by atoms with Gasteiger partial charge in [-0.05, 0) is 0 Å². The van der Waals surface area contributed by atoms with Crippen LogP contribution < -0.4 is 0 Å². The first-order chi connectivity index (χ1) is 6.88. The minimum absolute atomic E-state index is 0. The molecule has 1 aromatic carbocycles. The fourth-order valence-electron chi connectivity index (χ4n) is 0.994. The second-order valence-electron chi connectivity index (χ2n) is 2.65. The summed E-state index contributed by atoms with van der Waals surface area (Å²) in [4.78, 5) is 10.1. The van der Waals surface area contributed by atoms with Gasteiger partial charge in [-0.1, -0.05) is 18.2 Å². The summed E-state index contributed by atoms with van der Waals surface area (Å²) in [6, 6.07) is 10.0. The predicted molar refractivity (Wildman–Crippen MR) is 56.0 cm³/mol. The van der Waals surface area contributed by atoms with E-state index in [9.17, 15) is 4.79 Å². The molecule has 0 atom stereocenters. The number of rotatable bonds is 1. The molecule has 0 spiro atoms. The van der Waals surface area contributed by atoms with Gasteiger partial charge in [0.2, 0.25) is 0 Å². The minimum Gasteiger partial charge on any atom is -0.515 e. The van der Waals surface area contributed by atoms with Crippen molar-refractivity contribution in [1.82, 2.24) is 0 Å². The van der Waals surface area contributed by atoms with Gasteiger partial charge >= 0.3 is 0 Å². The Bertz CT molecular complexity index is 342. The molecule has 81 valence electrons. The zero-order valence-electron chi connectivity index (χ0n) is 7.96. The Balaban J connectivity index is 0.000000280. The van der Waals surface area contributed by atoms with E-state index in [4.69, 9.17) is 5.11 Å². The number of hydrogen-bond donors (Lipinski definition) is 1. The minimum atomic E-state index is 0. The van der Waals surface area contributed by atoms with E-state index in [1.807, 2.05) is 30.3 Å². The number of aliphatic hydroxyl groups excluding tert-OH is 1. The second-order valence-corrected chi connectivity index (χ2v) is 2.65. The summed E-state index contributed by atoms with van der Waals surface area (Å²) >= 11 is 0. The maximum atomic E-state index is 10.1. The summed E-state index contributed by atoms with van der Waals surface area (Å²) in [6.07, 6.45) is 6.66. The smallest absolute Gasteiger partial charge is 0.150 e. The Kier molecular flexibility index (Phi) is 7.14. The average molecular weight is 246 g/mol. The summed E-state index contributed by atoms with van der Waals surface area (Å²) in [6.45, 7) is 0. The molecule has 1 N–H and O–H groups in total. The molecule has 0 saturated heterocycles. The van der Waals surface area contributed by atoms with E-state index in [2.05, 4.69) is 0 Å². The third kappa shape index (κ3) is 4.53. The van der Waals surface area contributed by atoms with E-state index in [-0.39, 0.29) is 16.8 Å². The molecule has 1 aromatic rings. The molecule has 2 nitrogen and oxygen atoms in total. The molecule has 0 aliphatic heterocycles. The molecule has 0 bridgehead atoms. The van der Waals surface area contributed by atoms with E-state index in [0.717, 1.165) is 6.26 Å². The average Bonchev–Trinajstić information content (AvgIpc) is 2.91. The van der Waals surface area contributed by atoms with E-state index in [0.29, 0.717) is 17.4 Å². The van der Waals surface area contributed by atoms with Crippen molar-refractivity contribution >= 4 is 6.29 Å². The molecule has 2 rings (SSSR count). The van der Waals surface area contributed by atoms with Gasteiger partial charge in [-0.3, -0.25) is 4.79 Å². The fourth-order valence-corrected chi connectivity index (χ4v) is 0.994. The van der Waals surface area contributed by atoms with E-state index in [1.54, 1.807) is 18.2 Å². The fraction of sp³-hybridized carbons (Fsp3) is 0. The molecule has 15 heavy (non-hydrogen) atoms. The van der Waals surface area contributed by atoms with E-state index >= 15 is 0 Å². The third-order valence-electron chi connectivity index (χ3n) is 1.71. The van der Waals surface area contributed by atoms with Gasteiger partial charge in [0.25, 0.3) is 0 Å². The first kappa shape index (κ1) is 13.5. The molecule has 0 saturated carbocycles. The van der Waals surface area contributed by atoms with Crippen molar-refractivity contribution in [1.29, 1.82) is 0 Å². The molecule has 0 fully saturated rings. The monoisotopic (exact) mass is 246 g/mol. The number of aliphatic hydroxyl groups is 1. The number of allylic oxidation sites excluding steroid dienone is 5. The zero-order chi connectivity index (χ0) is 10.2. The molecular weight excluding hydrogens is 235 g/mol. The molecule has 1 radical (unpaired) electrons. The van der Waals surface area contributed by atoms with Crippen molar-refractivity contribution in [3.05, 3.63) is 66.0 Å². The van der Waals surface area contributed by atoms with Crippen LogP contribution >= 0.6 is 0 Å². The topological polar surface area (TPSA) is 37.3 Å². The quantitative estimate of drug-likeness (QED) is 0.469. The Morgan fingerprint density at radius 1 is 1.27 bits per heavy atom. The van der Waals surface area contributed by atoms with Gasteiger partial charge in [0.1, 0.15) is 0 Å². The Morgan fingerprint density at radius 3 is 2.27 bits per heavy atom. The van der Waals surface area contributed by atoms with Crippen LogP contribution in [0, 0.1) is 0 Å². The van der Waals surface area contributed by atoms with Crippen LogP contribution in [-0.2, 0) is 21.6 Å². The Labute approximate surface area is 99.2 Å². The SMILES string of the molecule is O=CC1=CC=C/C1=C\O.[Co].c1cc[cH-]c1. The molecule has 3 heteroatoms. The summed E-state index contributed by atoms with van der Waals surface area (Å²) in [5, 5.41) is 8.45. The van der Waals surface area contributed by atoms with E-state index in [1.165, 1.54) is 0 Å². The van der Waals surface area contributed by atoms with Crippen molar-refractivity contribution in [2.24, 2.45) is 0 Å². The first-order valence-electron chi connectivity index (χ1n) is 4.23. The van der Waals surface area contributed by atoms with Crippen LogP contribution in [0.5, 0.6) is 0 Å². The third-order valence-corrected chi connectivity index (χ3v) is 1.71. The standard InChI is InChI=1S/C7H6O2.C5H5.Co/c8-4-6-2-1-3-7(6)5-9;1-2-4-5-3-1;/h1-5,8H;1-5H;/q;-1;/b6-4+;;. The van der Waals surface area contributed by atoms with Gasteiger partial charge in [0.05, 0.1) is 6.26 Å². The van der Waals surface area contributed by atoms with Crippen LogP contribution in [0.2, 0.25) is 0 Å². The maximum absolute atomic E-state index is 10.1. The van der Waals surface area contributed by atoms with Gasteiger partial charge in [-0.25, -0.2) is 12.1 Å². The van der Waals surface area contributed by atoms with Crippen molar-refractivity contribution in [3.63, 3.8) is 0 Å². The second kappa shape index (κ2) is 7.91. The van der Waals surface area contributed by atoms with Crippen molar-refractivity contribution in [2.45, 2.75) is 0 Å². The van der Waals surface area contributed by atoms with Crippen LogP contribution in [0.3, 0.4) is 0 Å². The zero-order valence-corrected chi connectivity index (χ0v) is 9.00. The van der Waals surface area contributed by atoms with Crippen molar-refractivity contribution in [2.75, 3.05) is 0 Å². The Morgan fingerprint density at radius 2 is 1.93 bits per heavy atom. The van der Waals surface area contributed by atoms with Gasteiger partial charge in [0, 0.05) is 27.9 Å². The normalized spacial score (nSPS) is 14.9. The largest absolute Gasteiger partial charge is 0.515 e. The molecule has 0 heterocycles. The predicted octanol–water partition coefficient (Wildman–Crippen LogP) is 2.53. The number of carbonyl (C=O) groups is 1. The number of carbonyl (C=O) groups excluding carboxylic acids is 1. The van der Waals surface area contributed by atoms with Crippen LogP contribution in [-0.4, -0.2) is 11.4 Å². The Hall–Kier alpha value is -1.45. The van der Waals surface area contributed by atoms with Crippen molar-refractivity contribution in [3.8, 4) is 0 Å². The van der Waals surface area contributed by atoms with Crippen LogP contribution in [0.25, 0.3) is 0 Å². The molecule has 1 aliphatic rings. The van der Waals surface area contributed by atoms with Gasteiger partial charge in [-0.2, -0.15) is 18.2 Å². The van der Waals surface area contributed by atoms with Gasteiger partial charge < -0.3 is 5.11 Å².